The van der Waals surface area contributed by atoms with Crippen LogP contribution in [0.5, 0.6) is 0 Å². The van der Waals surface area contributed by atoms with E-state index in [1.54, 1.807) is 4.72 Å². The highest BCUT2D eigenvalue weighted by Gasteiger charge is 2.25. The van der Waals surface area contributed by atoms with Crippen molar-refractivity contribution in [1.82, 2.24) is 0 Å². The molecule has 0 fully saturated rings. The van der Waals surface area contributed by atoms with Crippen LogP contribution in [-0.2, 0) is 16.6 Å². The molecular formula is C13H10F3NO3S. The quantitative estimate of drug-likeness (QED) is 0.910. The molecule has 0 aliphatic carbocycles. The number of hydrogen-bond acceptors (Lipinski definition) is 3. The Morgan fingerprint density at radius 1 is 0.952 bits per heavy atom. The fourth-order valence-electron chi connectivity index (χ4n) is 1.74. The normalized spacial score (nSPS) is 11.4. The molecule has 0 unspecified atom stereocenters. The molecule has 0 spiro atoms. The summed E-state index contributed by atoms with van der Waals surface area (Å²) >= 11 is 0. The topological polar surface area (TPSA) is 66.4 Å². The van der Waals surface area contributed by atoms with Gasteiger partial charge in [0.1, 0.15) is 17.5 Å². The lowest BCUT2D eigenvalue weighted by Crippen LogP contribution is -2.18. The van der Waals surface area contributed by atoms with Crippen LogP contribution in [-0.4, -0.2) is 13.5 Å². The van der Waals surface area contributed by atoms with Crippen molar-refractivity contribution in [1.29, 1.82) is 0 Å². The minimum absolute atomic E-state index is 0.0599. The van der Waals surface area contributed by atoms with Gasteiger partial charge in [-0.1, -0.05) is 18.2 Å². The maximum absolute atomic E-state index is 13.7. The Hall–Kier alpha value is -2.06. The van der Waals surface area contributed by atoms with Gasteiger partial charge in [0.15, 0.2) is 4.90 Å². The Labute approximate surface area is 118 Å². The maximum Gasteiger partial charge on any atom is 0.267 e. The molecule has 8 heteroatoms. The summed E-state index contributed by atoms with van der Waals surface area (Å²) in [6.07, 6.45) is 0. The van der Waals surface area contributed by atoms with Crippen molar-refractivity contribution in [2.45, 2.75) is 11.5 Å². The number of rotatable bonds is 4. The van der Waals surface area contributed by atoms with Crippen LogP contribution in [0.4, 0.5) is 18.9 Å². The number of halogens is 3. The molecule has 2 aromatic rings. The van der Waals surface area contributed by atoms with Crippen molar-refractivity contribution in [2.24, 2.45) is 0 Å². The standard InChI is InChI=1S/C13H10F3NO3S/c14-9-4-1-3-8(7-18)12(9)17-21(19,20)13-10(15)5-2-6-11(13)16/h1-6,17-18H,7H2. The smallest absolute Gasteiger partial charge is 0.267 e. The third-order valence-corrected chi connectivity index (χ3v) is 4.09. The molecule has 0 saturated carbocycles. The van der Waals surface area contributed by atoms with Crippen LogP contribution in [0.2, 0.25) is 0 Å². The number of sulfonamides is 1. The Morgan fingerprint density at radius 3 is 2.05 bits per heavy atom. The third-order valence-electron chi connectivity index (χ3n) is 2.69. The van der Waals surface area contributed by atoms with Gasteiger partial charge in [-0.05, 0) is 18.2 Å². The molecular weight excluding hydrogens is 307 g/mol. The van der Waals surface area contributed by atoms with Gasteiger partial charge < -0.3 is 5.11 Å². The molecule has 21 heavy (non-hydrogen) atoms. The molecule has 0 atom stereocenters. The SMILES string of the molecule is O=S(=O)(Nc1c(F)cccc1CO)c1c(F)cccc1F. The van der Waals surface area contributed by atoms with E-state index in [0.29, 0.717) is 0 Å². The molecule has 0 radical (unpaired) electrons. The van der Waals surface area contributed by atoms with E-state index in [9.17, 15) is 21.6 Å². The third kappa shape index (κ3) is 3.01. The van der Waals surface area contributed by atoms with E-state index in [0.717, 1.165) is 24.3 Å². The van der Waals surface area contributed by atoms with Gasteiger partial charge in [0.25, 0.3) is 10.0 Å². The summed E-state index contributed by atoms with van der Waals surface area (Å²) in [5.41, 5.74) is -0.613. The number of aliphatic hydroxyl groups excluding tert-OH is 1. The highest BCUT2D eigenvalue weighted by atomic mass is 32.2. The van der Waals surface area contributed by atoms with E-state index in [1.165, 1.54) is 12.1 Å². The molecule has 2 N–H and O–H groups in total. The van der Waals surface area contributed by atoms with E-state index >= 15 is 0 Å². The molecule has 0 amide bonds. The Bertz CT molecular complexity index is 758. The Morgan fingerprint density at radius 2 is 1.48 bits per heavy atom. The van der Waals surface area contributed by atoms with Crippen LogP contribution >= 0.6 is 0 Å². The van der Waals surface area contributed by atoms with Gasteiger partial charge in [0.2, 0.25) is 0 Å². The first-order chi connectivity index (χ1) is 9.86. The van der Waals surface area contributed by atoms with Gasteiger partial charge in [0.05, 0.1) is 12.3 Å². The molecule has 112 valence electrons. The Balaban J connectivity index is 2.53. The van der Waals surface area contributed by atoms with Crippen molar-refractivity contribution in [3.05, 3.63) is 59.4 Å². The number of anilines is 1. The second-order valence-corrected chi connectivity index (χ2v) is 5.71. The van der Waals surface area contributed by atoms with Crippen LogP contribution in [0, 0.1) is 17.5 Å². The second-order valence-electron chi connectivity index (χ2n) is 4.09. The van der Waals surface area contributed by atoms with Crippen LogP contribution < -0.4 is 4.72 Å². The fourth-order valence-corrected chi connectivity index (χ4v) is 2.99. The molecule has 0 aromatic heterocycles. The van der Waals surface area contributed by atoms with Gasteiger partial charge in [-0.15, -0.1) is 0 Å². The average Bonchev–Trinajstić information content (AvgIpc) is 2.40. The van der Waals surface area contributed by atoms with E-state index < -0.39 is 44.7 Å². The Kier molecular flexibility index (Phi) is 4.19. The summed E-state index contributed by atoms with van der Waals surface area (Å²) in [5.74, 6) is -3.57. The van der Waals surface area contributed by atoms with Crippen molar-refractivity contribution in [3.63, 3.8) is 0 Å². The second kappa shape index (κ2) is 5.74. The lowest BCUT2D eigenvalue weighted by molar-refractivity contribution is 0.282. The molecule has 0 bridgehead atoms. The molecule has 2 rings (SSSR count). The maximum atomic E-state index is 13.7. The summed E-state index contributed by atoms with van der Waals surface area (Å²) in [4.78, 5) is -1.21. The van der Waals surface area contributed by atoms with Crippen LogP contribution in [0.15, 0.2) is 41.3 Å². The fraction of sp³-hybridized carbons (Fsp3) is 0.0769. The average molecular weight is 317 g/mol. The van der Waals surface area contributed by atoms with Gasteiger partial charge >= 0.3 is 0 Å². The predicted octanol–water partition coefficient (Wildman–Crippen LogP) is 2.40. The van der Waals surface area contributed by atoms with E-state index in [1.807, 2.05) is 0 Å². The first-order valence-electron chi connectivity index (χ1n) is 5.72. The minimum Gasteiger partial charge on any atom is -0.392 e. The number of benzene rings is 2. The first-order valence-corrected chi connectivity index (χ1v) is 7.20. The summed E-state index contributed by atoms with van der Waals surface area (Å²) in [5, 5.41) is 9.07. The molecule has 0 saturated heterocycles. The van der Waals surface area contributed by atoms with Gasteiger partial charge in [-0.2, -0.15) is 0 Å². The summed E-state index contributed by atoms with van der Waals surface area (Å²) in [7, 11) is -4.68. The zero-order valence-electron chi connectivity index (χ0n) is 10.5. The first kappa shape index (κ1) is 15.3. The van der Waals surface area contributed by atoms with Crippen molar-refractivity contribution < 1.29 is 26.7 Å². The van der Waals surface area contributed by atoms with Gasteiger partial charge in [-0.25, -0.2) is 21.6 Å². The van der Waals surface area contributed by atoms with Crippen molar-refractivity contribution in [2.75, 3.05) is 4.72 Å². The molecule has 0 heterocycles. The summed E-state index contributed by atoms with van der Waals surface area (Å²) in [6.45, 7) is -0.643. The number of para-hydroxylation sites is 1. The highest BCUT2D eigenvalue weighted by Crippen LogP contribution is 2.26. The number of nitrogens with one attached hydrogen (secondary N) is 1. The van der Waals surface area contributed by atoms with Crippen LogP contribution in [0.25, 0.3) is 0 Å². The van der Waals surface area contributed by atoms with Gasteiger partial charge in [0, 0.05) is 5.56 Å². The predicted molar refractivity (Wildman–Crippen MR) is 69.5 cm³/mol. The zero-order chi connectivity index (χ0) is 15.6. The molecule has 2 aromatic carbocycles. The van der Waals surface area contributed by atoms with Crippen molar-refractivity contribution in [3.8, 4) is 0 Å². The largest absolute Gasteiger partial charge is 0.392 e. The van der Waals surface area contributed by atoms with Crippen LogP contribution in [0.3, 0.4) is 0 Å². The van der Waals surface area contributed by atoms with Crippen LogP contribution in [0.1, 0.15) is 5.56 Å². The molecule has 0 aliphatic heterocycles. The monoisotopic (exact) mass is 317 g/mol. The van der Waals surface area contributed by atoms with E-state index in [2.05, 4.69) is 0 Å². The summed E-state index contributed by atoms with van der Waals surface area (Å²) in [6, 6.07) is 6.04. The molecule has 4 nitrogen and oxygen atoms in total. The number of hydrogen-bond donors (Lipinski definition) is 2. The van der Waals surface area contributed by atoms with Gasteiger partial charge in [-0.3, -0.25) is 4.72 Å². The van der Waals surface area contributed by atoms with E-state index in [-0.39, 0.29) is 5.56 Å². The summed E-state index contributed by atoms with van der Waals surface area (Å²) < 4.78 is 66.5. The minimum atomic E-state index is -4.68. The number of aliphatic hydroxyl groups is 1. The lowest BCUT2D eigenvalue weighted by Gasteiger charge is -2.13. The lowest BCUT2D eigenvalue weighted by atomic mass is 10.2. The van der Waals surface area contributed by atoms with E-state index in [4.69, 9.17) is 5.11 Å². The highest BCUT2D eigenvalue weighted by molar-refractivity contribution is 7.92. The van der Waals surface area contributed by atoms with Crippen molar-refractivity contribution >= 4 is 15.7 Å². The molecule has 0 aliphatic rings. The zero-order valence-corrected chi connectivity index (χ0v) is 11.3.